The maximum atomic E-state index is 12.4. The molecule has 7 nitrogen and oxygen atoms in total. The van der Waals surface area contributed by atoms with Crippen molar-refractivity contribution in [3.05, 3.63) is 77.7 Å². The Hall–Kier alpha value is -3.52. The van der Waals surface area contributed by atoms with E-state index >= 15 is 0 Å². The molecule has 1 aromatic heterocycles. The first-order chi connectivity index (χ1) is 14.1. The van der Waals surface area contributed by atoms with Gasteiger partial charge >= 0.3 is 0 Å². The van der Waals surface area contributed by atoms with Crippen LogP contribution in [0.4, 0.5) is 11.4 Å². The first-order valence-corrected chi connectivity index (χ1v) is 9.86. The lowest BCUT2D eigenvalue weighted by Crippen LogP contribution is -2.24. The van der Waals surface area contributed by atoms with E-state index in [2.05, 4.69) is 16.0 Å². The third kappa shape index (κ3) is 4.49. The summed E-state index contributed by atoms with van der Waals surface area (Å²) in [6, 6.07) is 15.7. The van der Waals surface area contributed by atoms with Gasteiger partial charge in [0.1, 0.15) is 0 Å². The van der Waals surface area contributed by atoms with Crippen molar-refractivity contribution in [2.75, 3.05) is 16.4 Å². The van der Waals surface area contributed by atoms with E-state index in [9.17, 15) is 14.4 Å². The van der Waals surface area contributed by atoms with Gasteiger partial charge in [-0.25, -0.2) is 0 Å². The molecule has 4 rings (SSSR count). The molecule has 0 saturated carbocycles. The van der Waals surface area contributed by atoms with Gasteiger partial charge in [0.25, 0.3) is 11.8 Å². The summed E-state index contributed by atoms with van der Waals surface area (Å²) in [4.78, 5) is 36.9. The van der Waals surface area contributed by atoms with Crippen molar-refractivity contribution in [2.45, 2.75) is 11.4 Å². The number of furan rings is 1. The molecule has 3 amide bonds. The minimum atomic E-state index is -0.325. The standard InChI is InChI=1S/C21H17N3O4S/c25-19-12-29-18-8-5-14(10-16(18)24-19)20(26)22-11-13-3-6-15(7-4-13)23-21(27)17-2-1-9-28-17/h1-10H,11-12H2,(H,22,26)(H,23,27)(H,24,25). The van der Waals surface area contributed by atoms with Gasteiger partial charge in [-0.15, -0.1) is 11.8 Å². The largest absolute Gasteiger partial charge is 0.459 e. The summed E-state index contributed by atoms with van der Waals surface area (Å²) in [5, 5.41) is 8.37. The van der Waals surface area contributed by atoms with Crippen molar-refractivity contribution >= 4 is 40.9 Å². The van der Waals surface area contributed by atoms with Crippen LogP contribution in [0.15, 0.2) is 70.2 Å². The monoisotopic (exact) mass is 407 g/mol. The number of nitrogens with one attached hydrogen (secondary N) is 3. The number of hydrogen-bond donors (Lipinski definition) is 3. The van der Waals surface area contributed by atoms with Crippen LogP contribution in [-0.4, -0.2) is 23.5 Å². The van der Waals surface area contributed by atoms with Crippen LogP contribution in [-0.2, 0) is 11.3 Å². The molecule has 1 aliphatic rings. The smallest absolute Gasteiger partial charge is 0.291 e. The van der Waals surface area contributed by atoms with Crippen molar-refractivity contribution in [2.24, 2.45) is 0 Å². The van der Waals surface area contributed by atoms with Gasteiger partial charge in [-0.3, -0.25) is 14.4 Å². The van der Waals surface area contributed by atoms with Gasteiger partial charge in [-0.1, -0.05) is 12.1 Å². The summed E-state index contributed by atoms with van der Waals surface area (Å²) in [5.74, 6) is -0.00180. The molecule has 0 saturated heterocycles. The molecule has 0 unspecified atom stereocenters. The molecule has 146 valence electrons. The lowest BCUT2D eigenvalue weighted by atomic mass is 10.1. The molecule has 2 aromatic carbocycles. The van der Waals surface area contributed by atoms with Crippen LogP contribution in [0.2, 0.25) is 0 Å². The Labute approximate surface area is 170 Å². The van der Waals surface area contributed by atoms with Gasteiger partial charge in [0.15, 0.2) is 5.76 Å². The van der Waals surface area contributed by atoms with E-state index < -0.39 is 0 Å². The number of amides is 3. The third-order valence-corrected chi connectivity index (χ3v) is 5.36. The number of rotatable bonds is 5. The predicted octanol–water partition coefficient (Wildman–Crippen LogP) is 3.51. The fourth-order valence-electron chi connectivity index (χ4n) is 2.82. The Morgan fingerprint density at radius 1 is 1.07 bits per heavy atom. The van der Waals surface area contributed by atoms with Gasteiger partial charge in [-0.2, -0.15) is 0 Å². The van der Waals surface area contributed by atoms with Crippen molar-refractivity contribution in [3.8, 4) is 0 Å². The molecular formula is C21H17N3O4S. The van der Waals surface area contributed by atoms with E-state index in [0.717, 1.165) is 10.5 Å². The van der Waals surface area contributed by atoms with E-state index in [-0.39, 0.29) is 23.5 Å². The first-order valence-electron chi connectivity index (χ1n) is 8.87. The van der Waals surface area contributed by atoms with Gasteiger partial charge < -0.3 is 20.4 Å². The maximum absolute atomic E-state index is 12.4. The molecule has 3 N–H and O–H groups in total. The second-order valence-corrected chi connectivity index (χ2v) is 7.38. The lowest BCUT2D eigenvalue weighted by molar-refractivity contribution is -0.113. The Balaban J connectivity index is 1.34. The molecule has 0 spiro atoms. The highest BCUT2D eigenvalue weighted by Gasteiger charge is 2.17. The Morgan fingerprint density at radius 2 is 1.90 bits per heavy atom. The van der Waals surface area contributed by atoms with Crippen molar-refractivity contribution < 1.29 is 18.8 Å². The summed E-state index contributed by atoms with van der Waals surface area (Å²) >= 11 is 1.45. The molecule has 2 heterocycles. The highest BCUT2D eigenvalue weighted by molar-refractivity contribution is 8.00. The minimum Gasteiger partial charge on any atom is -0.459 e. The predicted molar refractivity (Wildman–Crippen MR) is 110 cm³/mol. The van der Waals surface area contributed by atoms with Crippen LogP contribution in [0.25, 0.3) is 0 Å². The molecule has 8 heteroatoms. The zero-order valence-electron chi connectivity index (χ0n) is 15.2. The number of benzene rings is 2. The molecule has 0 aliphatic carbocycles. The zero-order chi connectivity index (χ0) is 20.2. The van der Waals surface area contributed by atoms with Crippen molar-refractivity contribution in [1.29, 1.82) is 0 Å². The van der Waals surface area contributed by atoms with E-state index in [1.807, 2.05) is 18.2 Å². The maximum Gasteiger partial charge on any atom is 0.291 e. The fourth-order valence-corrected chi connectivity index (χ4v) is 3.60. The number of carbonyl (C=O) groups is 3. The van der Waals surface area contributed by atoms with Gasteiger partial charge in [-0.05, 0) is 48.0 Å². The van der Waals surface area contributed by atoms with E-state index in [0.29, 0.717) is 29.2 Å². The Kier molecular flexibility index (Phi) is 5.35. The zero-order valence-corrected chi connectivity index (χ0v) is 16.0. The molecule has 0 radical (unpaired) electrons. The van der Waals surface area contributed by atoms with Crippen molar-refractivity contribution in [1.82, 2.24) is 5.32 Å². The summed E-state index contributed by atoms with van der Waals surface area (Å²) < 4.78 is 5.05. The summed E-state index contributed by atoms with van der Waals surface area (Å²) in [7, 11) is 0. The normalized spacial score (nSPS) is 12.6. The average molecular weight is 407 g/mol. The van der Waals surface area contributed by atoms with Gasteiger partial charge in [0.05, 0.1) is 17.7 Å². The molecule has 0 atom stereocenters. The first kappa shape index (κ1) is 18.8. The van der Waals surface area contributed by atoms with E-state index in [4.69, 9.17) is 4.42 Å². The average Bonchev–Trinajstić information content (AvgIpc) is 3.27. The number of hydrogen-bond acceptors (Lipinski definition) is 5. The van der Waals surface area contributed by atoms with Crippen LogP contribution in [0.5, 0.6) is 0 Å². The highest BCUT2D eigenvalue weighted by atomic mass is 32.2. The number of thioether (sulfide) groups is 1. The molecule has 0 fully saturated rings. The van der Waals surface area contributed by atoms with Crippen LogP contribution >= 0.6 is 11.8 Å². The molecule has 0 bridgehead atoms. The van der Waals surface area contributed by atoms with Crippen LogP contribution in [0.1, 0.15) is 26.5 Å². The van der Waals surface area contributed by atoms with Crippen LogP contribution in [0, 0.1) is 0 Å². The van der Waals surface area contributed by atoms with E-state index in [1.54, 1.807) is 36.4 Å². The fraction of sp³-hybridized carbons (Fsp3) is 0.0952. The van der Waals surface area contributed by atoms with Gasteiger partial charge in [0.2, 0.25) is 5.91 Å². The van der Waals surface area contributed by atoms with Crippen LogP contribution < -0.4 is 16.0 Å². The third-order valence-electron chi connectivity index (χ3n) is 4.28. The molecular weight excluding hydrogens is 390 g/mol. The Morgan fingerprint density at radius 3 is 2.66 bits per heavy atom. The van der Waals surface area contributed by atoms with Gasteiger partial charge in [0, 0.05) is 22.7 Å². The molecule has 1 aliphatic heterocycles. The van der Waals surface area contributed by atoms with E-state index in [1.165, 1.54) is 18.0 Å². The highest BCUT2D eigenvalue weighted by Crippen LogP contribution is 2.31. The minimum absolute atomic E-state index is 0.0701. The summed E-state index contributed by atoms with van der Waals surface area (Å²) in [6.45, 7) is 0.337. The van der Waals surface area contributed by atoms with Crippen LogP contribution in [0.3, 0.4) is 0 Å². The Bertz CT molecular complexity index is 1060. The quantitative estimate of drug-likeness (QED) is 0.601. The second-order valence-electron chi connectivity index (χ2n) is 6.36. The molecule has 3 aromatic rings. The lowest BCUT2D eigenvalue weighted by Gasteiger charge is -2.17. The second kappa shape index (κ2) is 8.24. The summed E-state index contributed by atoms with van der Waals surface area (Å²) in [5.41, 5.74) is 2.66. The van der Waals surface area contributed by atoms with Crippen molar-refractivity contribution in [3.63, 3.8) is 0 Å². The SMILES string of the molecule is O=C1CSc2ccc(C(=O)NCc3ccc(NC(=O)c4ccco4)cc3)cc2N1. The molecule has 29 heavy (non-hydrogen) atoms. The number of carbonyl (C=O) groups excluding carboxylic acids is 3. The number of fused-ring (bicyclic) bond motifs is 1. The summed E-state index contributed by atoms with van der Waals surface area (Å²) in [6.07, 6.45) is 1.44. The number of anilines is 2. The topological polar surface area (TPSA) is 100 Å².